The normalized spacial score (nSPS) is 17.1. The lowest BCUT2D eigenvalue weighted by Crippen LogP contribution is -2.36. The highest BCUT2D eigenvalue weighted by atomic mass is 19.2. The minimum Gasteiger partial charge on any atom is -0.254 e. The van der Waals surface area contributed by atoms with Crippen LogP contribution in [0.5, 0.6) is 0 Å². The largest absolute Gasteiger partial charge is 0.254 e. The molecule has 2 aromatic heterocycles. The number of pyridine rings is 2. The summed E-state index contributed by atoms with van der Waals surface area (Å²) in [7, 11) is 0. The Morgan fingerprint density at radius 3 is 2.05 bits per heavy atom. The lowest BCUT2D eigenvalue weighted by Gasteiger charge is -2.37. The van der Waals surface area contributed by atoms with Gasteiger partial charge in [0.1, 0.15) is 0 Å². The topological polar surface area (TPSA) is 25.8 Å². The molecule has 0 bridgehead atoms. The van der Waals surface area contributed by atoms with Crippen molar-refractivity contribution in [1.82, 2.24) is 9.97 Å². The van der Waals surface area contributed by atoms with Gasteiger partial charge < -0.3 is 0 Å². The molecule has 0 N–H and O–H groups in total. The predicted molar refractivity (Wildman–Crippen MR) is 144 cm³/mol. The zero-order valence-corrected chi connectivity index (χ0v) is 22.5. The highest BCUT2D eigenvalue weighted by Crippen LogP contribution is 2.54. The van der Waals surface area contributed by atoms with Gasteiger partial charge in [0.05, 0.1) is 11.0 Å². The molecule has 0 spiro atoms. The molecule has 2 heterocycles. The highest BCUT2D eigenvalue weighted by molar-refractivity contribution is 6.02. The molecule has 1 fully saturated rings. The Morgan fingerprint density at radius 2 is 1.45 bits per heavy atom. The summed E-state index contributed by atoms with van der Waals surface area (Å²) in [6, 6.07) is 9.71. The summed E-state index contributed by atoms with van der Waals surface area (Å²) in [5.41, 5.74) is -0.681. The molecule has 0 saturated heterocycles. The van der Waals surface area contributed by atoms with Crippen LogP contribution in [-0.4, -0.2) is 9.97 Å². The van der Waals surface area contributed by atoms with Gasteiger partial charge in [0.2, 0.25) is 0 Å². The van der Waals surface area contributed by atoms with Gasteiger partial charge in [-0.1, -0.05) is 52.3 Å². The number of benzene rings is 2. The fraction of sp³-hybridized carbons (Fsp3) is 0.438. The number of fused-ring (bicyclic) bond motifs is 3. The maximum absolute atomic E-state index is 16.0. The molecule has 0 amide bonds. The molecule has 1 aliphatic carbocycles. The van der Waals surface area contributed by atoms with E-state index in [4.69, 9.17) is 0 Å². The third-order valence-electron chi connectivity index (χ3n) is 8.94. The second-order valence-electron chi connectivity index (χ2n) is 11.2. The fourth-order valence-electron chi connectivity index (χ4n) is 6.54. The first-order valence-electron chi connectivity index (χ1n) is 13.7. The number of nitrogens with zero attached hydrogens (tertiary/aromatic N) is 2. The van der Waals surface area contributed by atoms with Gasteiger partial charge in [-0.2, -0.15) is 0 Å². The standard InChI is InChI=1S/C32H34F4N2/c1-5-14-31(4,6-2)23-25(33)27(35)24(28(36)26(23)34)32(7-3,22-12-13-22)17-19-16-21-11-10-20-9-8-15-37-29(20)30(21)38-18-19/h8-11,15-16,18,22H,5-7,12-14,17H2,1-4H3. The van der Waals surface area contributed by atoms with Crippen LogP contribution in [0, 0.1) is 29.2 Å². The molecule has 0 aliphatic heterocycles. The second kappa shape index (κ2) is 9.94. The number of hydrogen-bond acceptors (Lipinski definition) is 2. The summed E-state index contributed by atoms with van der Waals surface area (Å²) in [5.74, 6) is -5.04. The number of rotatable bonds is 9. The first-order valence-corrected chi connectivity index (χ1v) is 13.7. The van der Waals surface area contributed by atoms with E-state index in [9.17, 15) is 0 Å². The van der Waals surface area contributed by atoms with Crippen LogP contribution in [-0.2, 0) is 17.3 Å². The van der Waals surface area contributed by atoms with Crippen molar-refractivity contribution in [2.75, 3.05) is 0 Å². The van der Waals surface area contributed by atoms with Crippen LogP contribution in [0.4, 0.5) is 17.6 Å². The molecule has 4 aromatic rings. The lowest BCUT2D eigenvalue weighted by molar-refractivity contribution is 0.292. The van der Waals surface area contributed by atoms with Crippen molar-refractivity contribution in [2.45, 2.75) is 83.5 Å². The van der Waals surface area contributed by atoms with Gasteiger partial charge in [-0.05, 0) is 67.6 Å². The van der Waals surface area contributed by atoms with Gasteiger partial charge in [0.15, 0.2) is 23.3 Å². The molecule has 1 saturated carbocycles. The van der Waals surface area contributed by atoms with E-state index in [2.05, 4.69) is 9.97 Å². The van der Waals surface area contributed by atoms with E-state index in [-0.39, 0.29) is 12.3 Å². The van der Waals surface area contributed by atoms with Crippen LogP contribution in [0.25, 0.3) is 21.8 Å². The van der Waals surface area contributed by atoms with E-state index in [0.717, 1.165) is 40.2 Å². The zero-order chi connectivity index (χ0) is 27.2. The fourth-order valence-corrected chi connectivity index (χ4v) is 6.54. The van der Waals surface area contributed by atoms with Gasteiger partial charge in [-0.25, -0.2) is 17.6 Å². The van der Waals surface area contributed by atoms with Crippen LogP contribution < -0.4 is 0 Å². The molecule has 1 aliphatic rings. The van der Waals surface area contributed by atoms with E-state index in [1.54, 1.807) is 26.2 Å². The maximum Gasteiger partial charge on any atom is 0.166 e. The van der Waals surface area contributed by atoms with Gasteiger partial charge in [-0.15, -0.1) is 0 Å². The van der Waals surface area contributed by atoms with Crippen molar-refractivity contribution in [3.63, 3.8) is 0 Å². The van der Waals surface area contributed by atoms with Crippen molar-refractivity contribution >= 4 is 21.8 Å². The molecule has 5 rings (SSSR count). The van der Waals surface area contributed by atoms with Crippen molar-refractivity contribution in [1.29, 1.82) is 0 Å². The molecular formula is C32H34F4N2. The number of hydrogen-bond donors (Lipinski definition) is 0. The van der Waals surface area contributed by atoms with Crippen LogP contribution in [0.3, 0.4) is 0 Å². The summed E-state index contributed by atoms with van der Waals surface area (Å²) >= 11 is 0. The van der Waals surface area contributed by atoms with Crippen LogP contribution in [0.15, 0.2) is 42.7 Å². The minimum atomic E-state index is -1.25. The summed E-state index contributed by atoms with van der Waals surface area (Å²) in [6.07, 6.45) is 6.99. The third kappa shape index (κ3) is 4.17. The summed E-state index contributed by atoms with van der Waals surface area (Å²) in [4.78, 5) is 9.12. The van der Waals surface area contributed by atoms with Gasteiger partial charge in [-0.3, -0.25) is 9.97 Å². The average molecular weight is 523 g/mol. The highest BCUT2D eigenvalue weighted by Gasteiger charge is 2.50. The molecular weight excluding hydrogens is 488 g/mol. The maximum atomic E-state index is 16.0. The van der Waals surface area contributed by atoms with Crippen LogP contribution in [0.1, 0.15) is 82.9 Å². The van der Waals surface area contributed by atoms with Crippen molar-refractivity contribution in [2.24, 2.45) is 5.92 Å². The first kappa shape index (κ1) is 26.6. The minimum absolute atomic E-state index is 0.0664. The van der Waals surface area contributed by atoms with E-state index in [1.165, 1.54) is 0 Å². The van der Waals surface area contributed by atoms with E-state index in [1.807, 2.05) is 44.2 Å². The Kier molecular flexibility index (Phi) is 6.95. The molecule has 2 nitrogen and oxygen atoms in total. The molecule has 6 heteroatoms. The van der Waals surface area contributed by atoms with E-state index >= 15 is 17.6 Å². The molecule has 2 unspecified atom stereocenters. The predicted octanol–water partition coefficient (Wildman–Crippen LogP) is 9.11. The van der Waals surface area contributed by atoms with Crippen molar-refractivity contribution in [3.05, 3.63) is 82.7 Å². The molecule has 200 valence electrons. The molecule has 0 radical (unpaired) electrons. The van der Waals surface area contributed by atoms with Crippen molar-refractivity contribution < 1.29 is 17.6 Å². The quantitative estimate of drug-likeness (QED) is 0.124. The smallest absolute Gasteiger partial charge is 0.166 e. The number of halogens is 4. The van der Waals surface area contributed by atoms with E-state index in [0.29, 0.717) is 25.7 Å². The molecule has 38 heavy (non-hydrogen) atoms. The Morgan fingerprint density at radius 1 is 0.816 bits per heavy atom. The van der Waals surface area contributed by atoms with Crippen molar-refractivity contribution in [3.8, 4) is 0 Å². The Hall–Kier alpha value is -3.02. The first-order chi connectivity index (χ1) is 18.2. The summed E-state index contributed by atoms with van der Waals surface area (Å²) < 4.78 is 63.5. The Bertz CT molecular complexity index is 1480. The van der Waals surface area contributed by atoms with Crippen LogP contribution >= 0.6 is 0 Å². The number of aromatic nitrogens is 2. The lowest BCUT2D eigenvalue weighted by atomic mass is 9.67. The van der Waals surface area contributed by atoms with E-state index < -0.39 is 45.2 Å². The monoisotopic (exact) mass is 522 g/mol. The Balaban J connectivity index is 1.66. The molecule has 2 aromatic carbocycles. The zero-order valence-electron chi connectivity index (χ0n) is 22.5. The molecule has 2 atom stereocenters. The SMILES string of the molecule is CCCC(C)(CC)c1c(F)c(F)c(C(CC)(Cc2cnc3c(ccc4cccnc43)c2)C2CC2)c(F)c1F. The third-order valence-corrected chi connectivity index (χ3v) is 8.94. The van der Waals surface area contributed by atoms with Gasteiger partial charge >= 0.3 is 0 Å². The van der Waals surface area contributed by atoms with Gasteiger partial charge in [0.25, 0.3) is 0 Å². The summed E-state index contributed by atoms with van der Waals surface area (Å²) in [5, 5.41) is 1.83. The Labute approximate surface area is 221 Å². The van der Waals surface area contributed by atoms with Gasteiger partial charge in [0, 0.05) is 39.7 Å². The summed E-state index contributed by atoms with van der Waals surface area (Å²) in [6.45, 7) is 7.23. The second-order valence-corrected chi connectivity index (χ2v) is 11.2. The average Bonchev–Trinajstić information content (AvgIpc) is 3.77. The van der Waals surface area contributed by atoms with Crippen LogP contribution in [0.2, 0.25) is 0 Å².